The SMILES string of the molecule is COc1cc2c(cc1OCCCOc1cc3c(cc1OC)CN(C(=O)[C@@H]1CC1CO)C3)CN(C(=O)C[C@H](C)C(=O)O)C2. The number of nitrogens with zero attached hydrogens (tertiary/aromatic N) is 2. The van der Waals surface area contributed by atoms with Crippen LogP contribution in [-0.2, 0) is 40.6 Å². The molecular formula is C31H38N2O9. The second-order valence-corrected chi connectivity index (χ2v) is 11.3. The number of carbonyl (C=O) groups excluding carboxylic acids is 2. The number of aliphatic carboxylic acids is 1. The number of amides is 2. The van der Waals surface area contributed by atoms with Crippen LogP contribution in [-0.4, -0.2) is 71.8 Å². The van der Waals surface area contributed by atoms with Crippen LogP contribution in [0.5, 0.6) is 23.0 Å². The molecule has 5 rings (SSSR count). The van der Waals surface area contributed by atoms with Crippen molar-refractivity contribution in [2.75, 3.05) is 34.0 Å². The van der Waals surface area contributed by atoms with Gasteiger partial charge in [0.2, 0.25) is 11.8 Å². The van der Waals surface area contributed by atoms with Crippen LogP contribution >= 0.6 is 0 Å². The first-order chi connectivity index (χ1) is 20.2. The van der Waals surface area contributed by atoms with Gasteiger partial charge >= 0.3 is 5.97 Å². The normalized spacial score (nSPS) is 19.1. The first-order valence-electron chi connectivity index (χ1n) is 14.3. The van der Waals surface area contributed by atoms with E-state index in [1.54, 1.807) is 19.1 Å². The Labute approximate surface area is 244 Å². The molecule has 42 heavy (non-hydrogen) atoms. The number of carboxylic acid groups (broad SMARTS) is 1. The first kappa shape index (κ1) is 29.5. The molecule has 0 spiro atoms. The van der Waals surface area contributed by atoms with E-state index in [0.29, 0.717) is 68.8 Å². The van der Waals surface area contributed by atoms with Crippen LogP contribution in [0.3, 0.4) is 0 Å². The van der Waals surface area contributed by atoms with Gasteiger partial charge < -0.3 is 39.0 Å². The van der Waals surface area contributed by atoms with Crippen molar-refractivity contribution >= 4 is 17.8 Å². The second-order valence-electron chi connectivity index (χ2n) is 11.3. The Morgan fingerprint density at radius 2 is 1.31 bits per heavy atom. The number of rotatable bonds is 13. The zero-order valence-corrected chi connectivity index (χ0v) is 24.3. The summed E-state index contributed by atoms with van der Waals surface area (Å²) in [5.41, 5.74) is 3.97. The summed E-state index contributed by atoms with van der Waals surface area (Å²) in [5.74, 6) is 0.565. The summed E-state index contributed by atoms with van der Waals surface area (Å²) < 4.78 is 23.1. The summed E-state index contributed by atoms with van der Waals surface area (Å²) in [4.78, 5) is 40.0. The zero-order chi connectivity index (χ0) is 30.0. The lowest BCUT2D eigenvalue weighted by molar-refractivity contribution is -0.145. The number of aliphatic hydroxyl groups excluding tert-OH is 1. The van der Waals surface area contributed by atoms with E-state index in [-0.39, 0.29) is 36.7 Å². The van der Waals surface area contributed by atoms with Gasteiger partial charge in [0.25, 0.3) is 0 Å². The highest BCUT2D eigenvalue weighted by molar-refractivity contribution is 5.83. The number of methoxy groups -OCH3 is 2. The minimum absolute atomic E-state index is 0.0410. The lowest BCUT2D eigenvalue weighted by Gasteiger charge is -2.16. The number of ether oxygens (including phenoxy) is 4. The number of hydrogen-bond acceptors (Lipinski definition) is 8. The maximum absolute atomic E-state index is 12.8. The molecule has 0 bridgehead atoms. The first-order valence-corrected chi connectivity index (χ1v) is 14.3. The molecule has 2 heterocycles. The number of benzene rings is 2. The van der Waals surface area contributed by atoms with E-state index in [4.69, 9.17) is 24.1 Å². The molecular weight excluding hydrogens is 544 g/mol. The number of carboxylic acids is 1. The van der Waals surface area contributed by atoms with Gasteiger partial charge in [-0.3, -0.25) is 14.4 Å². The average molecular weight is 583 g/mol. The summed E-state index contributed by atoms with van der Waals surface area (Å²) in [6, 6.07) is 7.61. The Hall–Kier alpha value is -3.99. The fourth-order valence-electron chi connectivity index (χ4n) is 5.58. The van der Waals surface area contributed by atoms with Crippen LogP contribution in [0.15, 0.2) is 24.3 Å². The fourth-order valence-corrected chi connectivity index (χ4v) is 5.58. The number of aliphatic hydroxyl groups is 1. The predicted molar refractivity (Wildman–Crippen MR) is 150 cm³/mol. The minimum Gasteiger partial charge on any atom is -0.493 e. The van der Waals surface area contributed by atoms with Crippen LogP contribution in [0.4, 0.5) is 0 Å². The fraction of sp³-hybridized carbons (Fsp3) is 0.516. The van der Waals surface area contributed by atoms with Gasteiger partial charge in [-0.05, 0) is 58.9 Å². The highest BCUT2D eigenvalue weighted by atomic mass is 16.5. The highest BCUT2D eigenvalue weighted by Gasteiger charge is 2.45. The van der Waals surface area contributed by atoms with Gasteiger partial charge in [0.05, 0.1) is 33.4 Å². The third kappa shape index (κ3) is 6.25. The molecule has 0 radical (unpaired) electrons. The topological polar surface area (TPSA) is 135 Å². The van der Waals surface area contributed by atoms with E-state index >= 15 is 0 Å². The lowest BCUT2D eigenvalue weighted by Crippen LogP contribution is -2.28. The number of fused-ring (bicyclic) bond motifs is 2. The maximum Gasteiger partial charge on any atom is 0.306 e. The molecule has 3 atom stereocenters. The monoisotopic (exact) mass is 582 g/mol. The third-order valence-electron chi connectivity index (χ3n) is 8.26. The smallest absolute Gasteiger partial charge is 0.306 e. The van der Waals surface area contributed by atoms with E-state index in [1.165, 1.54) is 6.92 Å². The van der Waals surface area contributed by atoms with Crippen LogP contribution in [0.25, 0.3) is 0 Å². The van der Waals surface area contributed by atoms with Crippen molar-refractivity contribution in [2.24, 2.45) is 17.8 Å². The Bertz CT molecular complexity index is 1360. The molecule has 1 unspecified atom stereocenters. The number of hydrogen-bond donors (Lipinski definition) is 2. The quantitative estimate of drug-likeness (QED) is 0.342. The van der Waals surface area contributed by atoms with E-state index in [0.717, 1.165) is 28.7 Å². The average Bonchev–Trinajstić information content (AvgIpc) is 3.47. The van der Waals surface area contributed by atoms with Gasteiger partial charge in [-0.15, -0.1) is 0 Å². The highest BCUT2D eigenvalue weighted by Crippen LogP contribution is 2.42. The van der Waals surface area contributed by atoms with Crippen molar-refractivity contribution < 1.29 is 43.5 Å². The molecule has 226 valence electrons. The molecule has 0 aromatic heterocycles. The Balaban J connectivity index is 1.13. The van der Waals surface area contributed by atoms with Crippen molar-refractivity contribution in [1.29, 1.82) is 0 Å². The lowest BCUT2D eigenvalue weighted by atomic mass is 10.1. The summed E-state index contributed by atoms with van der Waals surface area (Å²) in [5, 5.41) is 18.4. The van der Waals surface area contributed by atoms with Crippen molar-refractivity contribution in [1.82, 2.24) is 9.80 Å². The molecule has 11 nitrogen and oxygen atoms in total. The largest absolute Gasteiger partial charge is 0.493 e. The molecule has 2 N–H and O–H groups in total. The van der Waals surface area contributed by atoms with E-state index < -0.39 is 11.9 Å². The van der Waals surface area contributed by atoms with E-state index in [9.17, 15) is 19.5 Å². The maximum atomic E-state index is 12.8. The van der Waals surface area contributed by atoms with E-state index in [1.807, 2.05) is 29.2 Å². The zero-order valence-electron chi connectivity index (χ0n) is 24.3. The van der Waals surface area contributed by atoms with Gasteiger partial charge in [0.15, 0.2) is 23.0 Å². The van der Waals surface area contributed by atoms with Crippen molar-refractivity contribution in [3.05, 3.63) is 46.5 Å². The number of carbonyl (C=O) groups is 3. The van der Waals surface area contributed by atoms with Gasteiger partial charge in [-0.1, -0.05) is 6.92 Å². The Kier molecular flexibility index (Phi) is 8.77. The molecule has 3 aliphatic rings. The van der Waals surface area contributed by atoms with E-state index in [2.05, 4.69) is 0 Å². The summed E-state index contributed by atoms with van der Waals surface area (Å²) in [7, 11) is 3.15. The molecule has 1 aliphatic carbocycles. The van der Waals surface area contributed by atoms with Crippen molar-refractivity contribution in [2.45, 2.75) is 52.4 Å². The molecule has 2 aromatic carbocycles. The van der Waals surface area contributed by atoms with Crippen LogP contribution in [0.2, 0.25) is 0 Å². The molecule has 2 aromatic rings. The van der Waals surface area contributed by atoms with Gasteiger partial charge in [0, 0.05) is 51.5 Å². The van der Waals surface area contributed by atoms with Crippen molar-refractivity contribution in [3.8, 4) is 23.0 Å². The summed E-state index contributed by atoms with van der Waals surface area (Å²) >= 11 is 0. The Morgan fingerprint density at radius 3 is 1.74 bits per heavy atom. The van der Waals surface area contributed by atoms with Gasteiger partial charge in [-0.2, -0.15) is 0 Å². The van der Waals surface area contributed by atoms with Crippen LogP contribution in [0.1, 0.15) is 48.4 Å². The molecule has 1 fully saturated rings. The van der Waals surface area contributed by atoms with Gasteiger partial charge in [-0.25, -0.2) is 0 Å². The molecule has 11 heteroatoms. The second kappa shape index (κ2) is 12.5. The molecule has 0 saturated heterocycles. The Morgan fingerprint density at radius 1 is 0.833 bits per heavy atom. The predicted octanol–water partition coefficient (Wildman–Crippen LogP) is 2.98. The van der Waals surface area contributed by atoms with Crippen LogP contribution < -0.4 is 18.9 Å². The van der Waals surface area contributed by atoms with Crippen molar-refractivity contribution in [3.63, 3.8) is 0 Å². The third-order valence-corrected chi connectivity index (χ3v) is 8.26. The minimum atomic E-state index is -0.986. The van der Waals surface area contributed by atoms with Crippen LogP contribution in [0, 0.1) is 17.8 Å². The van der Waals surface area contributed by atoms with Gasteiger partial charge in [0.1, 0.15) is 0 Å². The molecule has 1 saturated carbocycles. The molecule has 2 aliphatic heterocycles. The summed E-state index contributed by atoms with van der Waals surface area (Å²) in [6.07, 6.45) is 1.30. The summed E-state index contributed by atoms with van der Waals surface area (Å²) in [6.45, 7) is 4.20. The standard InChI is InChI=1S/C31H38N2O9/c1-18(31(37)38)7-29(35)32-13-19-9-25(39-2)27(11-21(19)14-32)41-5-4-6-42-28-12-22-16-33(15-20(22)10-26(28)40-3)30(36)24-8-23(24)17-34/h9-12,18,23-24,34H,4-8,13-17H2,1-3H3,(H,37,38)/t18-,23?,24+/m0/s1. The molecule has 2 amide bonds.